The van der Waals surface area contributed by atoms with Crippen LogP contribution < -0.4 is 4.90 Å². The predicted octanol–water partition coefficient (Wildman–Crippen LogP) is 14.5. The second-order valence-electron chi connectivity index (χ2n) is 16.1. The van der Waals surface area contributed by atoms with Gasteiger partial charge in [-0.1, -0.05) is 143 Å². The molecule has 0 saturated heterocycles. The van der Waals surface area contributed by atoms with Crippen molar-refractivity contribution < 1.29 is 4.42 Å². The maximum atomic E-state index is 6.44. The van der Waals surface area contributed by atoms with Crippen molar-refractivity contribution in [2.75, 3.05) is 4.90 Å². The normalized spacial score (nSPS) is 14.6. The second kappa shape index (κ2) is 11.1. The van der Waals surface area contributed by atoms with Gasteiger partial charge in [0.2, 0.25) is 0 Å². The molecular weight excluding hydrogens is 655 g/mol. The van der Waals surface area contributed by atoms with Crippen LogP contribution in [-0.2, 0) is 10.8 Å². The highest BCUT2D eigenvalue weighted by Crippen LogP contribution is 2.55. The first kappa shape index (κ1) is 31.2. The van der Waals surface area contributed by atoms with Crippen LogP contribution in [-0.4, -0.2) is 0 Å². The van der Waals surface area contributed by atoms with Crippen molar-refractivity contribution >= 4 is 49.8 Å². The fourth-order valence-electron chi connectivity index (χ4n) is 9.68. The van der Waals surface area contributed by atoms with Gasteiger partial charge in [0.1, 0.15) is 11.2 Å². The molecule has 258 valence electrons. The smallest absolute Gasteiger partial charge is 0.143 e. The first-order chi connectivity index (χ1) is 26.3. The van der Waals surface area contributed by atoms with Gasteiger partial charge in [-0.3, -0.25) is 0 Å². The molecule has 9 aromatic rings. The maximum Gasteiger partial charge on any atom is 0.143 e. The highest BCUT2D eigenvalue weighted by Gasteiger charge is 2.39. The van der Waals surface area contributed by atoms with E-state index in [1.807, 2.05) is 6.07 Å². The van der Waals surface area contributed by atoms with E-state index in [0.717, 1.165) is 38.7 Å². The standard InChI is InChI=1S/C52H39NO/c1-51(2)43-15-8-5-12-37(43)42-31-36(27-29-45(42)51)53(47-18-11-17-46-49(47)40-14-6-9-16-44(40)52(46,3)4)35-25-22-32(23-26-35)34-21-20-33-24-28-39-38-13-7-10-19-48(38)54-50(39)41(33)30-34/h5-31H,1-4H3. The fraction of sp³-hybridized carbons (Fsp3) is 0.115. The van der Waals surface area contributed by atoms with Gasteiger partial charge in [-0.05, 0) is 104 Å². The molecule has 2 nitrogen and oxygen atoms in total. The molecule has 0 bridgehead atoms. The molecule has 0 radical (unpaired) electrons. The minimum absolute atomic E-state index is 0.0539. The Hall–Kier alpha value is -6.38. The van der Waals surface area contributed by atoms with E-state index < -0.39 is 0 Å². The number of rotatable bonds is 4. The minimum atomic E-state index is -0.0975. The quantitative estimate of drug-likeness (QED) is 0.182. The Balaban J connectivity index is 1.09. The number of benzene rings is 8. The van der Waals surface area contributed by atoms with Crippen LogP contribution in [0.5, 0.6) is 0 Å². The van der Waals surface area contributed by atoms with Crippen LogP contribution in [0.2, 0.25) is 0 Å². The van der Waals surface area contributed by atoms with Crippen molar-refractivity contribution in [1.29, 1.82) is 0 Å². The second-order valence-corrected chi connectivity index (χ2v) is 16.1. The lowest BCUT2D eigenvalue weighted by atomic mass is 9.82. The third-order valence-corrected chi connectivity index (χ3v) is 12.5. The average molecular weight is 694 g/mol. The molecule has 0 aliphatic heterocycles. The van der Waals surface area contributed by atoms with Gasteiger partial charge in [0, 0.05) is 43.9 Å². The molecule has 11 rings (SSSR count). The molecule has 0 atom stereocenters. The summed E-state index contributed by atoms with van der Waals surface area (Å²) < 4.78 is 6.44. The van der Waals surface area contributed by atoms with Crippen LogP contribution in [0.3, 0.4) is 0 Å². The Morgan fingerprint density at radius 2 is 1.06 bits per heavy atom. The molecule has 8 aromatic carbocycles. The Bertz CT molecular complexity index is 3000. The Morgan fingerprint density at radius 1 is 0.426 bits per heavy atom. The summed E-state index contributed by atoms with van der Waals surface area (Å²) in [7, 11) is 0. The number of hydrogen-bond acceptors (Lipinski definition) is 2. The van der Waals surface area contributed by atoms with Crippen LogP contribution in [0.1, 0.15) is 49.9 Å². The summed E-state index contributed by atoms with van der Waals surface area (Å²) >= 11 is 0. The van der Waals surface area contributed by atoms with Gasteiger partial charge in [0.25, 0.3) is 0 Å². The van der Waals surface area contributed by atoms with Crippen LogP contribution >= 0.6 is 0 Å². The van der Waals surface area contributed by atoms with E-state index in [1.165, 1.54) is 66.7 Å². The number of furan rings is 1. The zero-order valence-electron chi connectivity index (χ0n) is 30.9. The lowest BCUT2D eigenvalue weighted by Gasteiger charge is -2.30. The van der Waals surface area contributed by atoms with Gasteiger partial charge in [0.05, 0.1) is 5.69 Å². The molecule has 1 aromatic heterocycles. The molecule has 2 aliphatic carbocycles. The SMILES string of the molecule is CC1(C)c2ccccc2-c2cc(N(c3ccc(-c4ccc5ccc6c7ccccc7oc6c5c4)cc3)c3cccc4c3-c3ccccc3C4(C)C)ccc21. The van der Waals surface area contributed by atoms with Crippen LogP contribution in [0, 0.1) is 0 Å². The molecule has 1 heterocycles. The highest BCUT2D eigenvalue weighted by atomic mass is 16.3. The van der Waals surface area contributed by atoms with Crippen LogP contribution in [0.4, 0.5) is 17.1 Å². The van der Waals surface area contributed by atoms with E-state index in [9.17, 15) is 0 Å². The number of anilines is 3. The lowest BCUT2D eigenvalue weighted by Crippen LogP contribution is -2.16. The average Bonchev–Trinajstić information content (AvgIpc) is 3.79. The maximum absolute atomic E-state index is 6.44. The number of para-hydroxylation sites is 1. The van der Waals surface area contributed by atoms with Gasteiger partial charge in [-0.15, -0.1) is 0 Å². The van der Waals surface area contributed by atoms with Gasteiger partial charge in [-0.25, -0.2) is 0 Å². The summed E-state index contributed by atoms with van der Waals surface area (Å²) in [6.07, 6.45) is 0. The van der Waals surface area contributed by atoms with Gasteiger partial charge in [-0.2, -0.15) is 0 Å². The molecule has 0 fully saturated rings. The Morgan fingerprint density at radius 3 is 1.89 bits per heavy atom. The fourth-order valence-corrected chi connectivity index (χ4v) is 9.68. The Labute approximate surface area is 315 Å². The molecule has 0 unspecified atom stereocenters. The van der Waals surface area contributed by atoms with Gasteiger partial charge < -0.3 is 9.32 Å². The first-order valence-corrected chi connectivity index (χ1v) is 19.0. The molecule has 0 amide bonds. The molecule has 54 heavy (non-hydrogen) atoms. The highest BCUT2D eigenvalue weighted by molar-refractivity contribution is 6.15. The molecule has 0 saturated carbocycles. The van der Waals surface area contributed by atoms with E-state index in [0.29, 0.717) is 0 Å². The van der Waals surface area contributed by atoms with Crippen molar-refractivity contribution in [1.82, 2.24) is 0 Å². The van der Waals surface area contributed by atoms with Crippen LogP contribution in [0.25, 0.3) is 66.1 Å². The van der Waals surface area contributed by atoms with Crippen molar-refractivity contribution in [2.24, 2.45) is 0 Å². The summed E-state index contributed by atoms with van der Waals surface area (Å²) in [4.78, 5) is 2.48. The molecule has 2 aliphatic rings. The summed E-state index contributed by atoms with van der Waals surface area (Å²) in [5.41, 5.74) is 18.3. The summed E-state index contributed by atoms with van der Waals surface area (Å²) in [6.45, 7) is 9.42. The summed E-state index contributed by atoms with van der Waals surface area (Å²) in [6, 6.07) is 60.4. The van der Waals surface area contributed by atoms with E-state index in [1.54, 1.807) is 0 Å². The van der Waals surface area contributed by atoms with E-state index in [4.69, 9.17) is 4.42 Å². The predicted molar refractivity (Wildman–Crippen MR) is 226 cm³/mol. The van der Waals surface area contributed by atoms with Gasteiger partial charge in [0.15, 0.2) is 0 Å². The summed E-state index contributed by atoms with van der Waals surface area (Å²) in [5.74, 6) is 0. The molecule has 0 N–H and O–H groups in total. The molecular formula is C52H39NO. The number of nitrogens with zero attached hydrogens (tertiary/aromatic N) is 1. The zero-order valence-corrected chi connectivity index (χ0v) is 30.9. The lowest BCUT2D eigenvalue weighted by molar-refractivity contribution is 0.660. The molecule has 0 spiro atoms. The number of fused-ring (bicyclic) bond motifs is 11. The van der Waals surface area contributed by atoms with Gasteiger partial charge >= 0.3 is 0 Å². The van der Waals surface area contributed by atoms with Crippen molar-refractivity contribution in [3.8, 4) is 33.4 Å². The number of hydrogen-bond donors (Lipinski definition) is 0. The van der Waals surface area contributed by atoms with Crippen molar-refractivity contribution in [3.05, 3.63) is 186 Å². The molecule has 2 heteroatoms. The largest absolute Gasteiger partial charge is 0.455 e. The zero-order chi connectivity index (χ0) is 36.3. The van der Waals surface area contributed by atoms with E-state index in [-0.39, 0.29) is 10.8 Å². The van der Waals surface area contributed by atoms with Crippen LogP contribution in [0.15, 0.2) is 168 Å². The van der Waals surface area contributed by atoms with Crippen molar-refractivity contribution in [2.45, 2.75) is 38.5 Å². The minimum Gasteiger partial charge on any atom is -0.455 e. The third-order valence-electron chi connectivity index (χ3n) is 12.5. The topological polar surface area (TPSA) is 16.4 Å². The van der Waals surface area contributed by atoms with E-state index in [2.05, 4.69) is 190 Å². The first-order valence-electron chi connectivity index (χ1n) is 19.0. The van der Waals surface area contributed by atoms with Crippen molar-refractivity contribution in [3.63, 3.8) is 0 Å². The summed E-state index contributed by atoms with van der Waals surface area (Å²) in [5, 5.41) is 4.62. The third kappa shape index (κ3) is 4.28. The Kier molecular flexibility index (Phi) is 6.39. The van der Waals surface area contributed by atoms with E-state index >= 15 is 0 Å². The monoisotopic (exact) mass is 693 g/mol.